The predicted molar refractivity (Wildman–Crippen MR) is 77.6 cm³/mol. The molecule has 0 aliphatic carbocycles. The first kappa shape index (κ1) is 13.3. The maximum absolute atomic E-state index is 5.54. The summed E-state index contributed by atoms with van der Waals surface area (Å²) in [5, 5.41) is 7.20. The van der Waals surface area contributed by atoms with Crippen LogP contribution in [0.4, 0.5) is 0 Å². The van der Waals surface area contributed by atoms with E-state index in [2.05, 4.69) is 29.7 Å². The first-order valence-electron chi connectivity index (χ1n) is 6.46. The Labute approximate surface area is 114 Å². The number of hydrogen-bond donors (Lipinski definition) is 2. The van der Waals surface area contributed by atoms with Crippen molar-refractivity contribution < 1.29 is 4.74 Å². The Hall–Kier alpha value is -1.13. The van der Waals surface area contributed by atoms with Crippen LogP contribution in [0.3, 0.4) is 0 Å². The molecule has 3 nitrogen and oxygen atoms in total. The van der Waals surface area contributed by atoms with E-state index >= 15 is 0 Å². The van der Waals surface area contributed by atoms with Gasteiger partial charge in [0.05, 0.1) is 12.1 Å². The highest BCUT2D eigenvalue weighted by atomic mass is 32.1. The Morgan fingerprint density at radius 2 is 2.22 bits per heavy atom. The maximum Gasteiger partial charge on any atom is 0.166 e. The lowest BCUT2D eigenvalue weighted by Crippen LogP contribution is -2.40. The monoisotopic (exact) mass is 264 g/mol. The van der Waals surface area contributed by atoms with Gasteiger partial charge in [-0.25, -0.2) is 0 Å². The second-order valence-corrected chi connectivity index (χ2v) is 5.03. The van der Waals surface area contributed by atoms with Crippen LogP contribution >= 0.6 is 12.2 Å². The van der Waals surface area contributed by atoms with E-state index in [1.54, 1.807) is 0 Å². The smallest absolute Gasteiger partial charge is 0.166 e. The zero-order valence-electron chi connectivity index (χ0n) is 10.7. The Bertz CT molecular complexity index is 377. The van der Waals surface area contributed by atoms with Crippen molar-refractivity contribution in [3.05, 3.63) is 35.9 Å². The van der Waals surface area contributed by atoms with E-state index in [9.17, 15) is 0 Å². The van der Waals surface area contributed by atoms with Crippen molar-refractivity contribution in [1.82, 2.24) is 10.6 Å². The molecular formula is C14H20N2OS. The van der Waals surface area contributed by atoms with E-state index in [0.717, 1.165) is 26.0 Å². The van der Waals surface area contributed by atoms with Gasteiger partial charge in [-0.15, -0.1) is 0 Å². The summed E-state index contributed by atoms with van der Waals surface area (Å²) in [6, 6.07) is 10.5. The van der Waals surface area contributed by atoms with Crippen LogP contribution < -0.4 is 10.6 Å². The van der Waals surface area contributed by atoms with Gasteiger partial charge in [-0.2, -0.15) is 0 Å². The van der Waals surface area contributed by atoms with Gasteiger partial charge in [-0.05, 0) is 37.5 Å². The fraction of sp³-hybridized carbons (Fsp3) is 0.500. The van der Waals surface area contributed by atoms with Crippen LogP contribution in [0.1, 0.15) is 31.4 Å². The summed E-state index contributed by atoms with van der Waals surface area (Å²) in [6.07, 6.45) is 2.60. The molecule has 18 heavy (non-hydrogen) atoms. The van der Waals surface area contributed by atoms with Crippen LogP contribution in [-0.2, 0) is 4.74 Å². The largest absolute Gasteiger partial charge is 0.376 e. The zero-order valence-corrected chi connectivity index (χ0v) is 11.5. The molecule has 1 aliphatic rings. The quantitative estimate of drug-likeness (QED) is 0.818. The summed E-state index contributed by atoms with van der Waals surface area (Å²) in [7, 11) is 0. The van der Waals surface area contributed by atoms with Gasteiger partial charge >= 0.3 is 0 Å². The van der Waals surface area contributed by atoms with Crippen molar-refractivity contribution in [3.8, 4) is 0 Å². The van der Waals surface area contributed by atoms with E-state index in [1.165, 1.54) is 5.56 Å². The number of thiocarbonyl (C=S) groups is 1. The number of hydrogen-bond acceptors (Lipinski definition) is 2. The average Bonchev–Trinajstić information content (AvgIpc) is 2.90. The number of rotatable bonds is 4. The summed E-state index contributed by atoms with van der Waals surface area (Å²) in [6.45, 7) is 3.79. The maximum atomic E-state index is 5.54. The molecule has 0 amide bonds. The lowest BCUT2D eigenvalue weighted by molar-refractivity contribution is 0.114. The molecule has 98 valence electrons. The van der Waals surface area contributed by atoms with E-state index in [-0.39, 0.29) is 6.04 Å². The minimum atomic E-state index is 0.218. The van der Waals surface area contributed by atoms with Gasteiger partial charge in [0.15, 0.2) is 5.11 Å². The average molecular weight is 264 g/mol. The molecule has 1 fully saturated rings. The molecule has 2 unspecified atom stereocenters. The Kier molecular flexibility index (Phi) is 4.96. The molecule has 1 aromatic rings. The van der Waals surface area contributed by atoms with E-state index in [4.69, 9.17) is 17.0 Å². The molecule has 0 saturated carbocycles. The zero-order chi connectivity index (χ0) is 12.8. The van der Waals surface area contributed by atoms with Gasteiger partial charge in [-0.3, -0.25) is 0 Å². The summed E-state index contributed by atoms with van der Waals surface area (Å²) < 4.78 is 5.54. The topological polar surface area (TPSA) is 33.3 Å². The van der Waals surface area contributed by atoms with E-state index < -0.39 is 0 Å². The Morgan fingerprint density at radius 1 is 1.44 bits per heavy atom. The van der Waals surface area contributed by atoms with Gasteiger partial charge in [0.25, 0.3) is 0 Å². The molecular weight excluding hydrogens is 244 g/mol. The molecule has 2 N–H and O–H groups in total. The third-order valence-electron chi connectivity index (χ3n) is 3.16. The van der Waals surface area contributed by atoms with Crippen molar-refractivity contribution in [2.75, 3.05) is 13.2 Å². The fourth-order valence-corrected chi connectivity index (χ4v) is 2.34. The highest BCUT2D eigenvalue weighted by Gasteiger charge is 2.15. The SMILES string of the molecule is CC(NC(=S)NCC1CCCO1)c1ccccc1. The highest BCUT2D eigenvalue weighted by Crippen LogP contribution is 2.12. The summed E-state index contributed by atoms with van der Waals surface area (Å²) in [5.41, 5.74) is 1.23. The van der Waals surface area contributed by atoms with Crippen LogP contribution in [0.15, 0.2) is 30.3 Å². The minimum Gasteiger partial charge on any atom is -0.376 e. The molecule has 1 aromatic carbocycles. The molecule has 1 heterocycles. The van der Waals surface area contributed by atoms with Crippen LogP contribution in [0.2, 0.25) is 0 Å². The van der Waals surface area contributed by atoms with Crippen molar-refractivity contribution in [2.45, 2.75) is 31.9 Å². The molecule has 2 rings (SSSR count). The number of nitrogens with one attached hydrogen (secondary N) is 2. The van der Waals surface area contributed by atoms with Gasteiger partial charge < -0.3 is 15.4 Å². The number of ether oxygens (including phenoxy) is 1. The summed E-state index contributed by atoms with van der Waals surface area (Å²) in [5.74, 6) is 0. The van der Waals surface area contributed by atoms with Crippen LogP contribution in [-0.4, -0.2) is 24.4 Å². The third kappa shape index (κ3) is 3.96. The van der Waals surface area contributed by atoms with Gasteiger partial charge in [0, 0.05) is 13.2 Å². The molecule has 0 bridgehead atoms. The lowest BCUT2D eigenvalue weighted by atomic mass is 10.1. The van der Waals surface area contributed by atoms with Crippen molar-refractivity contribution in [1.29, 1.82) is 0 Å². The third-order valence-corrected chi connectivity index (χ3v) is 3.42. The normalized spacial score (nSPS) is 20.4. The van der Waals surface area contributed by atoms with Crippen molar-refractivity contribution in [3.63, 3.8) is 0 Å². The summed E-state index contributed by atoms with van der Waals surface area (Å²) >= 11 is 5.29. The van der Waals surface area contributed by atoms with Crippen molar-refractivity contribution in [2.24, 2.45) is 0 Å². The van der Waals surface area contributed by atoms with Crippen LogP contribution in [0.5, 0.6) is 0 Å². The predicted octanol–water partition coefficient (Wildman–Crippen LogP) is 2.39. The standard InChI is InChI=1S/C14H20N2OS/c1-11(12-6-3-2-4-7-12)16-14(18)15-10-13-8-5-9-17-13/h2-4,6-7,11,13H,5,8-10H2,1H3,(H2,15,16,18). The number of benzene rings is 1. The molecule has 1 aliphatic heterocycles. The second-order valence-electron chi connectivity index (χ2n) is 4.62. The van der Waals surface area contributed by atoms with Crippen molar-refractivity contribution >= 4 is 17.3 Å². The first-order chi connectivity index (χ1) is 8.75. The van der Waals surface area contributed by atoms with E-state index in [1.807, 2.05) is 18.2 Å². The fourth-order valence-electron chi connectivity index (χ4n) is 2.08. The van der Waals surface area contributed by atoms with Gasteiger partial charge in [0.2, 0.25) is 0 Å². The Balaban J connectivity index is 1.73. The van der Waals surface area contributed by atoms with Crippen LogP contribution in [0, 0.1) is 0 Å². The molecule has 0 radical (unpaired) electrons. The van der Waals surface area contributed by atoms with E-state index in [0.29, 0.717) is 11.2 Å². The van der Waals surface area contributed by atoms with Crippen LogP contribution in [0.25, 0.3) is 0 Å². The summed E-state index contributed by atoms with van der Waals surface area (Å²) in [4.78, 5) is 0. The molecule has 0 spiro atoms. The molecule has 4 heteroatoms. The van der Waals surface area contributed by atoms with Gasteiger partial charge in [0.1, 0.15) is 0 Å². The molecule has 1 saturated heterocycles. The molecule has 0 aromatic heterocycles. The Morgan fingerprint density at radius 3 is 2.89 bits per heavy atom. The lowest BCUT2D eigenvalue weighted by Gasteiger charge is -2.18. The second kappa shape index (κ2) is 6.71. The first-order valence-corrected chi connectivity index (χ1v) is 6.87. The minimum absolute atomic E-state index is 0.218. The highest BCUT2D eigenvalue weighted by molar-refractivity contribution is 7.80. The van der Waals surface area contributed by atoms with Gasteiger partial charge in [-0.1, -0.05) is 30.3 Å². The molecule has 2 atom stereocenters.